The van der Waals surface area contributed by atoms with E-state index in [1.165, 1.54) is 51.3 Å². The van der Waals surface area contributed by atoms with Crippen LogP contribution >= 0.6 is 0 Å². The van der Waals surface area contributed by atoms with Gasteiger partial charge < -0.3 is 19.0 Å². The summed E-state index contributed by atoms with van der Waals surface area (Å²) in [6.07, 6.45) is 6.91. The van der Waals surface area contributed by atoms with Gasteiger partial charge in [0.05, 0.1) is 30.9 Å². The standard InChI is InChI=1S/C17H21S.C7H15.C6H14NO4S2.C4H8FO3S.2C2H6.Rb/c1-12-6-13(2)9-16(8-12)18(5)17-10-14(3)7-15(4)11-17;1-4-7(5-2)6-3;1-3-5-12(8,9)7-13(10,11)6-4-2;1-2-3-4(5)9(6,7)8;2*1-2;/h6-11H,1-5H3;4-6H2,1-3H3;3-6H2,1-2H3;2-3H2,1H3,(H,6,7,8);2*1-2H3;/q+1;3*-1;;;+1/p-1. The quantitative estimate of drug-likeness (QED) is 0.106. The van der Waals surface area contributed by atoms with Gasteiger partial charge in [-0.3, -0.25) is 8.42 Å². The third-order valence-corrected chi connectivity index (χ3v) is 12.8. The Hall–Kier alpha value is 0.295. The number of hydrogen-bond donors (Lipinski definition) is 0. The molecule has 0 radical (unpaired) electrons. The number of hydrogen-bond acceptors (Lipinski definition) is 7. The number of halogens is 1. The molecular formula is C38H69FNO7RbS4-2. The first-order chi connectivity index (χ1) is 23.6. The van der Waals surface area contributed by atoms with Gasteiger partial charge in [0.25, 0.3) is 0 Å². The largest absolute Gasteiger partial charge is 1.00 e. The molecule has 2 aromatic carbocycles. The minimum atomic E-state index is -4.76. The molecule has 302 valence electrons. The van der Waals surface area contributed by atoms with Gasteiger partial charge in [-0.2, -0.15) is 19.3 Å². The van der Waals surface area contributed by atoms with Crippen molar-refractivity contribution in [3.8, 4) is 0 Å². The van der Waals surface area contributed by atoms with Crippen LogP contribution in [0.5, 0.6) is 0 Å². The van der Waals surface area contributed by atoms with Crippen molar-refractivity contribution in [3.63, 3.8) is 0 Å². The van der Waals surface area contributed by atoms with Gasteiger partial charge in [-0.05, 0) is 97.2 Å². The topological polar surface area (TPSA) is 140 Å². The second-order valence-electron chi connectivity index (χ2n) is 11.2. The molecule has 0 atom stereocenters. The van der Waals surface area contributed by atoms with E-state index in [1.54, 1.807) is 26.7 Å². The van der Waals surface area contributed by atoms with Crippen LogP contribution in [0.25, 0.3) is 4.13 Å². The van der Waals surface area contributed by atoms with E-state index in [0.29, 0.717) is 19.3 Å². The van der Waals surface area contributed by atoms with Gasteiger partial charge in [0, 0.05) is 11.5 Å². The molecule has 0 aromatic heterocycles. The van der Waals surface area contributed by atoms with Crippen molar-refractivity contribution in [1.82, 2.24) is 0 Å². The summed E-state index contributed by atoms with van der Waals surface area (Å²) >= 11 is 0. The fourth-order valence-corrected chi connectivity index (χ4v) is 9.38. The second-order valence-corrected chi connectivity index (χ2v) is 18.2. The van der Waals surface area contributed by atoms with Crippen LogP contribution < -0.4 is 58.2 Å². The molecule has 2 aromatic rings. The summed E-state index contributed by atoms with van der Waals surface area (Å²) in [7, 11) is -12.2. The maximum absolute atomic E-state index is 11.9. The normalized spacial score (nSPS) is 10.8. The molecule has 0 bridgehead atoms. The average Bonchev–Trinajstić information content (AvgIpc) is 3.02. The van der Waals surface area contributed by atoms with Crippen LogP contribution in [0.2, 0.25) is 0 Å². The van der Waals surface area contributed by atoms with E-state index in [4.69, 9.17) is 0 Å². The SMILES string of the molecule is CC.CC.CCCS(=O)(=O)[N-]S(=O)(=O)CCC.CCC[C-](F)S(=O)(=O)[O-].CC[C-](CC)CC.Cc1cc(C)cc([S+](C)c2cc(C)cc(C)c2)c1.[Rb+]. The van der Waals surface area contributed by atoms with E-state index in [9.17, 15) is 34.2 Å². The third-order valence-electron chi connectivity index (χ3n) is 6.47. The van der Waals surface area contributed by atoms with Gasteiger partial charge in [-0.15, -0.1) is 6.42 Å². The van der Waals surface area contributed by atoms with Crippen LogP contribution in [0.1, 0.15) is 136 Å². The molecule has 0 N–H and O–H groups in total. The molecule has 8 nitrogen and oxygen atoms in total. The molecule has 0 amide bonds. The zero-order chi connectivity index (χ0) is 41.0. The predicted octanol–water partition coefficient (Wildman–Crippen LogP) is 8.06. The van der Waals surface area contributed by atoms with Crippen molar-refractivity contribution >= 4 is 41.1 Å². The first-order valence-electron chi connectivity index (χ1n) is 17.9. The van der Waals surface area contributed by atoms with Crippen LogP contribution in [0.4, 0.5) is 4.39 Å². The van der Waals surface area contributed by atoms with Gasteiger partial charge in [-0.1, -0.05) is 93.3 Å². The van der Waals surface area contributed by atoms with Gasteiger partial charge in [-0.25, -0.2) is 16.8 Å². The Labute approximate surface area is 372 Å². The molecule has 0 aliphatic rings. The molecule has 0 unspecified atom stereocenters. The average molecular weight is 885 g/mol. The summed E-state index contributed by atoms with van der Waals surface area (Å²) in [6.45, 7) is 28.3. The number of aryl methyl sites for hydroxylation is 4. The third kappa shape index (κ3) is 32.5. The summed E-state index contributed by atoms with van der Waals surface area (Å²) in [6, 6.07) is 13.7. The minimum absolute atomic E-state index is 0. The van der Waals surface area contributed by atoms with E-state index in [0.717, 1.165) is 0 Å². The molecule has 0 saturated heterocycles. The Morgan fingerprint density at radius 3 is 1.08 bits per heavy atom. The summed E-state index contributed by atoms with van der Waals surface area (Å²) < 4.78 is 88.0. The van der Waals surface area contributed by atoms with E-state index >= 15 is 0 Å². The number of benzene rings is 2. The smallest absolute Gasteiger partial charge is 0.772 e. The first kappa shape index (κ1) is 61.5. The predicted molar refractivity (Wildman–Crippen MR) is 219 cm³/mol. The maximum Gasteiger partial charge on any atom is 1.00 e. The minimum Gasteiger partial charge on any atom is -0.772 e. The molecule has 0 aliphatic carbocycles. The van der Waals surface area contributed by atoms with Crippen molar-refractivity contribution in [1.29, 1.82) is 0 Å². The van der Waals surface area contributed by atoms with Crippen LogP contribution in [-0.2, 0) is 41.1 Å². The molecule has 2 rings (SSSR count). The second kappa shape index (κ2) is 34.5. The number of rotatable bonds is 14. The molecular weight excluding hydrogens is 815 g/mol. The zero-order valence-electron chi connectivity index (χ0n) is 35.1. The van der Waals surface area contributed by atoms with Crippen molar-refractivity contribution in [2.24, 2.45) is 0 Å². The summed E-state index contributed by atoms with van der Waals surface area (Å²) in [5.41, 5.74) is 3.95. The molecule has 0 aliphatic heterocycles. The number of nitrogens with zero attached hydrogens (tertiary/aromatic N) is 1. The van der Waals surface area contributed by atoms with Gasteiger partial charge in [0.1, 0.15) is 6.26 Å². The molecule has 0 heterocycles. The Morgan fingerprint density at radius 1 is 0.615 bits per heavy atom. The van der Waals surface area contributed by atoms with E-state index in [-0.39, 0.29) is 87.0 Å². The Kier molecular flexibility index (Phi) is 40.9. The molecule has 52 heavy (non-hydrogen) atoms. The van der Waals surface area contributed by atoms with Crippen molar-refractivity contribution in [2.75, 3.05) is 17.8 Å². The van der Waals surface area contributed by atoms with E-state index < -0.39 is 35.7 Å². The van der Waals surface area contributed by atoms with Gasteiger partial charge in [0.15, 0.2) is 9.79 Å². The van der Waals surface area contributed by atoms with E-state index in [1.807, 2.05) is 27.7 Å². The summed E-state index contributed by atoms with van der Waals surface area (Å²) in [5.74, 6) is 1.26. The van der Waals surface area contributed by atoms with Crippen LogP contribution in [-0.4, -0.2) is 47.6 Å². The Bertz CT molecular complexity index is 1370. The Morgan fingerprint density at radius 2 is 0.904 bits per heavy atom. The molecule has 0 fully saturated rings. The van der Waals surface area contributed by atoms with Crippen LogP contribution in [0, 0.1) is 39.1 Å². The maximum atomic E-state index is 11.9. The van der Waals surface area contributed by atoms with Crippen molar-refractivity contribution < 1.29 is 92.4 Å². The summed E-state index contributed by atoms with van der Waals surface area (Å²) in [5, 5.41) is 0. The number of sulfonamides is 2. The van der Waals surface area contributed by atoms with Gasteiger partial charge in [0.2, 0.25) is 0 Å². The monoisotopic (exact) mass is 883 g/mol. The van der Waals surface area contributed by atoms with Crippen LogP contribution in [0.3, 0.4) is 0 Å². The Balaban J connectivity index is -0.000000192. The molecule has 0 spiro atoms. The fraction of sp³-hybridized carbons (Fsp3) is 0.632. The van der Waals surface area contributed by atoms with E-state index in [2.05, 4.69) is 95.2 Å². The van der Waals surface area contributed by atoms with Gasteiger partial charge >= 0.3 is 58.2 Å². The van der Waals surface area contributed by atoms with Crippen LogP contribution in [0.15, 0.2) is 46.2 Å². The van der Waals surface area contributed by atoms with Crippen molar-refractivity contribution in [3.05, 3.63) is 74.2 Å². The fourth-order valence-electron chi connectivity index (χ4n) is 4.19. The first-order valence-corrected chi connectivity index (χ1v) is 24.2. The van der Waals surface area contributed by atoms with Crippen molar-refractivity contribution in [2.45, 2.75) is 152 Å². The summed E-state index contributed by atoms with van der Waals surface area (Å²) in [4.78, 5) is 2.88. The molecule has 0 saturated carbocycles. The zero-order valence-corrected chi connectivity index (χ0v) is 43.3. The molecule has 14 heteroatoms.